The second-order valence-electron chi connectivity index (χ2n) is 7.71. The first-order valence-corrected chi connectivity index (χ1v) is 10.2. The fraction of sp³-hybridized carbons (Fsp3) is 0.333. The number of carbonyl (C=O) groups excluding carboxylic acids is 1. The molecule has 2 aromatic carbocycles. The highest BCUT2D eigenvalue weighted by molar-refractivity contribution is 5.94. The van der Waals surface area contributed by atoms with Crippen LogP contribution in [0.3, 0.4) is 0 Å². The number of para-hydroxylation sites is 1. The van der Waals surface area contributed by atoms with Crippen LogP contribution in [-0.2, 0) is 11.3 Å². The summed E-state index contributed by atoms with van der Waals surface area (Å²) in [6, 6.07) is 14.8. The molecular weight excluding hydrogens is 380 g/mol. The molecule has 4 rings (SSSR count). The van der Waals surface area contributed by atoms with Crippen molar-refractivity contribution in [2.24, 2.45) is 0 Å². The second-order valence-corrected chi connectivity index (χ2v) is 7.71. The van der Waals surface area contributed by atoms with Gasteiger partial charge in [-0.25, -0.2) is 0 Å². The second kappa shape index (κ2) is 8.71. The summed E-state index contributed by atoms with van der Waals surface area (Å²) in [5.74, 6) is 0.565. The Kier molecular flexibility index (Phi) is 5.86. The number of nitrogens with zero attached hydrogens (tertiary/aromatic N) is 1. The molecule has 1 aliphatic heterocycles. The Morgan fingerprint density at radius 3 is 2.73 bits per heavy atom. The molecular formula is C24H26N2O4. The third-order valence-corrected chi connectivity index (χ3v) is 5.60. The molecule has 1 N–H and O–H groups in total. The van der Waals surface area contributed by atoms with Gasteiger partial charge >= 0.3 is 0 Å². The predicted octanol–water partition coefficient (Wildman–Crippen LogP) is 3.67. The molecule has 0 saturated carbocycles. The molecule has 1 amide bonds. The maximum atomic E-state index is 13.3. The van der Waals surface area contributed by atoms with E-state index in [-0.39, 0.29) is 24.1 Å². The Labute approximate surface area is 175 Å². The zero-order chi connectivity index (χ0) is 21.1. The quantitative estimate of drug-likeness (QED) is 0.678. The first-order chi connectivity index (χ1) is 14.5. The zero-order valence-corrected chi connectivity index (χ0v) is 17.3. The van der Waals surface area contributed by atoms with Gasteiger partial charge in [0.1, 0.15) is 5.75 Å². The number of methoxy groups -OCH3 is 1. The molecule has 6 nitrogen and oxygen atoms in total. The molecule has 1 fully saturated rings. The number of nitrogens with one attached hydrogen (secondary N) is 1. The average molecular weight is 406 g/mol. The topological polar surface area (TPSA) is 71.6 Å². The number of aromatic amines is 1. The van der Waals surface area contributed by atoms with Crippen LogP contribution in [0.5, 0.6) is 5.75 Å². The van der Waals surface area contributed by atoms with Gasteiger partial charge < -0.3 is 19.4 Å². The van der Waals surface area contributed by atoms with Gasteiger partial charge in [0.2, 0.25) is 0 Å². The Morgan fingerprint density at radius 2 is 2.03 bits per heavy atom. The molecule has 1 aromatic heterocycles. The van der Waals surface area contributed by atoms with E-state index in [1.807, 2.05) is 31.2 Å². The number of hydrogen-bond donors (Lipinski definition) is 1. The SMILES string of the molecule is COc1ccc(C(=O)N(Cc2cc3cccc(C)c3[nH]c2=O)C[C@@H]2CCCO2)cc1. The molecule has 0 spiro atoms. The Balaban J connectivity index is 1.65. The largest absolute Gasteiger partial charge is 0.497 e. The highest BCUT2D eigenvalue weighted by Gasteiger charge is 2.24. The summed E-state index contributed by atoms with van der Waals surface area (Å²) >= 11 is 0. The lowest BCUT2D eigenvalue weighted by atomic mass is 10.1. The number of H-pyrrole nitrogens is 1. The fourth-order valence-corrected chi connectivity index (χ4v) is 3.92. The van der Waals surface area contributed by atoms with Crippen LogP contribution in [-0.4, -0.2) is 42.2 Å². The number of hydrogen-bond acceptors (Lipinski definition) is 4. The number of ether oxygens (including phenoxy) is 2. The Hall–Kier alpha value is -3.12. The Morgan fingerprint density at radius 1 is 1.23 bits per heavy atom. The van der Waals surface area contributed by atoms with Gasteiger partial charge in [-0.1, -0.05) is 18.2 Å². The van der Waals surface area contributed by atoms with Crippen molar-refractivity contribution in [1.82, 2.24) is 9.88 Å². The average Bonchev–Trinajstić information content (AvgIpc) is 3.27. The van der Waals surface area contributed by atoms with E-state index >= 15 is 0 Å². The Bertz CT molecular complexity index is 1100. The molecule has 30 heavy (non-hydrogen) atoms. The molecule has 1 saturated heterocycles. The van der Waals surface area contributed by atoms with Gasteiger partial charge in [0, 0.05) is 24.3 Å². The number of carbonyl (C=O) groups is 1. The van der Waals surface area contributed by atoms with Gasteiger partial charge in [0.25, 0.3) is 11.5 Å². The van der Waals surface area contributed by atoms with Gasteiger partial charge in [0.15, 0.2) is 0 Å². The molecule has 2 heterocycles. The van der Waals surface area contributed by atoms with Gasteiger partial charge in [0.05, 0.1) is 25.3 Å². The number of pyridine rings is 1. The van der Waals surface area contributed by atoms with Crippen molar-refractivity contribution in [2.75, 3.05) is 20.3 Å². The fourth-order valence-electron chi connectivity index (χ4n) is 3.92. The van der Waals surface area contributed by atoms with Crippen LogP contribution in [0.4, 0.5) is 0 Å². The summed E-state index contributed by atoms with van der Waals surface area (Å²) in [6.07, 6.45) is 1.90. The summed E-state index contributed by atoms with van der Waals surface area (Å²) in [7, 11) is 1.59. The van der Waals surface area contributed by atoms with Crippen molar-refractivity contribution in [3.05, 3.63) is 75.6 Å². The van der Waals surface area contributed by atoms with Crippen molar-refractivity contribution in [3.8, 4) is 5.75 Å². The first-order valence-electron chi connectivity index (χ1n) is 10.2. The molecule has 0 radical (unpaired) electrons. The first kappa shape index (κ1) is 20.2. The van der Waals surface area contributed by atoms with E-state index in [0.717, 1.165) is 29.3 Å². The highest BCUT2D eigenvalue weighted by atomic mass is 16.5. The highest BCUT2D eigenvalue weighted by Crippen LogP contribution is 2.20. The third-order valence-electron chi connectivity index (χ3n) is 5.60. The molecule has 6 heteroatoms. The number of aryl methyl sites for hydroxylation is 1. The van der Waals surface area contributed by atoms with E-state index in [4.69, 9.17) is 9.47 Å². The van der Waals surface area contributed by atoms with Crippen LogP contribution < -0.4 is 10.3 Å². The summed E-state index contributed by atoms with van der Waals surface area (Å²) in [4.78, 5) is 30.7. The van der Waals surface area contributed by atoms with E-state index < -0.39 is 0 Å². The van der Waals surface area contributed by atoms with Gasteiger partial charge in [-0.3, -0.25) is 9.59 Å². The van der Waals surface area contributed by atoms with Crippen molar-refractivity contribution < 1.29 is 14.3 Å². The molecule has 1 aliphatic rings. The van der Waals surface area contributed by atoms with Crippen molar-refractivity contribution >= 4 is 16.8 Å². The van der Waals surface area contributed by atoms with Crippen LogP contribution in [0.25, 0.3) is 10.9 Å². The monoisotopic (exact) mass is 406 g/mol. The lowest BCUT2D eigenvalue weighted by molar-refractivity contribution is 0.0506. The zero-order valence-electron chi connectivity index (χ0n) is 17.3. The number of amides is 1. The van der Waals surface area contributed by atoms with Crippen LogP contribution in [0.2, 0.25) is 0 Å². The molecule has 0 bridgehead atoms. The van der Waals surface area contributed by atoms with Crippen molar-refractivity contribution in [3.63, 3.8) is 0 Å². The standard InChI is InChI=1S/C24H26N2O4/c1-16-5-3-6-18-13-19(23(27)25-22(16)18)14-26(15-21-7-4-12-30-21)24(28)17-8-10-20(29-2)11-9-17/h3,5-6,8-11,13,21H,4,7,12,14-15H2,1-2H3,(H,25,27)/t21-/m0/s1. The van der Waals surface area contributed by atoms with E-state index in [2.05, 4.69) is 4.98 Å². The van der Waals surface area contributed by atoms with Crippen LogP contribution in [0, 0.1) is 6.92 Å². The van der Waals surface area contributed by atoms with Crippen LogP contribution in [0.1, 0.15) is 34.3 Å². The van der Waals surface area contributed by atoms with Crippen molar-refractivity contribution in [2.45, 2.75) is 32.4 Å². The molecule has 0 aliphatic carbocycles. The number of benzene rings is 2. The predicted molar refractivity (Wildman–Crippen MR) is 116 cm³/mol. The minimum Gasteiger partial charge on any atom is -0.497 e. The molecule has 1 atom stereocenters. The minimum absolute atomic E-state index is 0.00557. The van der Waals surface area contributed by atoms with E-state index in [1.165, 1.54) is 0 Å². The van der Waals surface area contributed by atoms with Gasteiger partial charge in [-0.2, -0.15) is 0 Å². The lowest BCUT2D eigenvalue weighted by Gasteiger charge is -2.25. The van der Waals surface area contributed by atoms with E-state index in [9.17, 15) is 9.59 Å². The van der Waals surface area contributed by atoms with Crippen molar-refractivity contribution in [1.29, 1.82) is 0 Å². The molecule has 0 unspecified atom stereocenters. The summed E-state index contributed by atoms with van der Waals surface area (Å²) in [6.45, 7) is 3.36. The summed E-state index contributed by atoms with van der Waals surface area (Å²) in [5, 5.41) is 0.957. The maximum Gasteiger partial charge on any atom is 0.254 e. The van der Waals surface area contributed by atoms with E-state index in [0.29, 0.717) is 30.0 Å². The number of fused-ring (bicyclic) bond motifs is 1. The smallest absolute Gasteiger partial charge is 0.254 e. The summed E-state index contributed by atoms with van der Waals surface area (Å²) in [5.41, 5.74) is 2.80. The normalized spacial score (nSPS) is 16.0. The minimum atomic E-state index is -0.170. The maximum absolute atomic E-state index is 13.3. The third kappa shape index (κ3) is 4.24. The van der Waals surface area contributed by atoms with Gasteiger partial charge in [-0.05, 0) is 61.0 Å². The molecule has 3 aromatic rings. The van der Waals surface area contributed by atoms with Crippen LogP contribution in [0.15, 0.2) is 53.3 Å². The summed E-state index contributed by atoms with van der Waals surface area (Å²) < 4.78 is 10.9. The molecule has 156 valence electrons. The number of rotatable bonds is 6. The van der Waals surface area contributed by atoms with E-state index in [1.54, 1.807) is 36.3 Å². The number of aromatic nitrogens is 1. The van der Waals surface area contributed by atoms with Crippen LogP contribution >= 0.6 is 0 Å². The lowest BCUT2D eigenvalue weighted by Crippen LogP contribution is -2.38. The van der Waals surface area contributed by atoms with Gasteiger partial charge in [-0.15, -0.1) is 0 Å².